The monoisotopic (exact) mass is 413 g/mol. The molecule has 7 nitrogen and oxygen atoms in total. The Labute approximate surface area is 182 Å². The summed E-state index contributed by atoms with van der Waals surface area (Å²) in [4.78, 5) is 19.0. The second-order valence-corrected chi connectivity index (χ2v) is 8.45. The summed E-state index contributed by atoms with van der Waals surface area (Å²) in [5.41, 5.74) is 7.34. The van der Waals surface area contributed by atoms with Crippen molar-refractivity contribution in [2.45, 2.75) is 25.8 Å². The molecule has 0 amide bonds. The maximum absolute atomic E-state index is 4.95. The predicted octanol–water partition coefficient (Wildman–Crippen LogP) is 3.92. The van der Waals surface area contributed by atoms with E-state index in [1.807, 2.05) is 49.6 Å². The first-order valence-corrected chi connectivity index (χ1v) is 10.7. The third-order valence-electron chi connectivity index (χ3n) is 6.06. The number of fused-ring (bicyclic) bond motifs is 1. The van der Waals surface area contributed by atoms with Crippen LogP contribution in [0.15, 0.2) is 48.8 Å². The van der Waals surface area contributed by atoms with Crippen molar-refractivity contribution in [3.63, 3.8) is 0 Å². The van der Waals surface area contributed by atoms with Gasteiger partial charge in [-0.2, -0.15) is 5.10 Å². The molecule has 1 fully saturated rings. The van der Waals surface area contributed by atoms with Crippen LogP contribution >= 0.6 is 0 Å². The van der Waals surface area contributed by atoms with Crippen LogP contribution in [0.5, 0.6) is 0 Å². The molecule has 1 aliphatic rings. The van der Waals surface area contributed by atoms with Crippen LogP contribution in [0.25, 0.3) is 33.7 Å². The molecule has 4 aromatic rings. The lowest BCUT2D eigenvalue weighted by atomic mass is 10.0. The second-order valence-electron chi connectivity index (χ2n) is 8.45. The van der Waals surface area contributed by atoms with Crippen molar-refractivity contribution in [2.75, 3.05) is 32.1 Å². The molecular formula is C24H27N7. The van der Waals surface area contributed by atoms with Gasteiger partial charge in [0.05, 0.1) is 34.3 Å². The van der Waals surface area contributed by atoms with Crippen LogP contribution in [0.1, 0.15) is 18.5 Å². The zero-order valence-electron chi connectivity index (χ0n) is 18.2. The Morgan fingerprint density at radius 2 is 1.97 bits per heavy atom. The van der Waals surface area contributed by atoms with E-state index in [0.29, 0.717) is 6.04 Å². The average Bonchev–Trinajstić information content (AvgIpc) is 3.28. The number of anilines is 1. The topological polar surface area (TPSA) is 73.8 Å². The quantitative estimate of drug-likeness (QED) is 0.547. The van der Waals surface area contributed by atoms with E-state index in [4.69, 9.17) is 4.98 Å². The van der Waals surface area contributed by atoms with E-state index < -0.39 is 0 Å². The van der Waals surface area contributed by atoms with Gasteiger partial charge in [-0.05, 0) is 64.2 Å². The van der Waals surface area contributed by atoms with E-state index in [2.05, 4.69) is 50.1 Å². The van der Waals surface area contributed by atoms with E-state index in [-0.39, 0.29) is 0 Å². The van der Waals surface area contributed by atoms with Gasteiger partial charge in [0.1, 0.15) is 5.69 Å². The lowest BCUT2D eigenvalue weighted by molar-refractivity contribution is 0.258. The molecule has 0 aliphatic carbocycles. The van der Waals surface area contributed by atoms with E-state index in [1.54, 1.807) is 0 Å². The van der Waals surface area contributed by atoms with Crippen LogP contribution in [0.3, 0.4) is 0 Å². The van der Waals surface area contributed by atoms with E-state index in [1.165, 1.54) is 12.8 Å². The lowest BCUT2D eigenvalue weighted by Crippen LogP contribution is -2.45. The van der Waals surface area contributed by atoms with Gasteiger partial charge in [0.2, 0.25) is 0 Å². The average molecular weight is 414 g/mol. The van der Waals surface area contributed by atoms with Crippen molar-refractivity contribution < 1.29 is 0 Å². The van der Waals surface area contributed by atoms with Crippen LogP contribution in [0.4, 0.5) is 5.69 Å². The molecule has 1 N–H and O–H groups in total. The van der Waals surface area contributed by atoms with Crippen LogP contribution in [-0.4, -0.2) is 63.3 Å². The molecular weight excluding hydrogens is 386 g/mol. The SMILES string of the molecule is Cc1cccc(-c2n[nH]cc2-c2ccc3ncc(N4CCC[C@H](N(C)C)C4)cc3n2)n1. The van der Waals surface area contributed by atoms with Crippen LogP contribution in [-0.2, 0) is 0 Å². The Kier molecular flexibility index (Phi) is 5.11. The third kappa shape index (κ3) is 3.88. The number of piperidine rings is 1. The summed E-state index contributed by atoms with van der Waals surface area (Å²) in [5.74, 6) is 0. The highest BCUT2D eigenvalue weighted by Crippen LogP contribution is 2.30. The van der Waals surface area contributed by atoms with Crippen molar-refractivity contribution in [2.24, 2.45) is 0 Å². The highest BCUT2D eigenvalue weighted by Gasteiger charge is 2.22. The van der Waals surface area contributed by atoms with Gasteiger partial charge < -0.3 is 9.80 Å². The summed E-state index contributed by atoms with van der Waals surface area (Å²) >= 11 is 0. The van der Waals surface area contributed by atoms with Crippen molar-refractivity contribution in [1.82, 2.24) is 30.0 Å². The summed E-state index contributed by atoms with van der Waals surface area (Å²) in [6.07, 6.45) is 6.29. The van der Waals surface area contributed by atoms with Crippen LogP contribution in [0, 0.1) is 6.92 Å². The zero-order valence-corrected chi connectivity index (χ0v) is 18.2. The summed E-state index contributed by atoms with van der Waals surface area (Å²) in [6, 6.07) is 12.7. The molecule has 1 saturated heterocycles. The molecule has 5 rings (SSSR count). The molecule has 7 heteroatoms. The van der Waals surface area contributed by atoms with Crippen molar-refractivity contribution in [3.05, 3.63) is 54.5 Å². The van der Waals surface area contributed by atoms with Gasteiger partial charge in [-0.1, -0.05) is 6.07 Å². The zero-order chi connectivity index (χ0) is 21.4. The van der Waals surface area contributed by atoms with Crippen LogP contribution in [0.2, 0.25) is 0 Å². The Morgan fingerprint density at radius 1 is 1.06 bits per heavy atom. The number of pyridine rings is 3. The summed E-state index contributed by atoms with van der Waals surface area (Å²) in [6.45, 7) is 4.06. The van der Waals surface area contributed by atoms with Gasteiger partial charge in [-0.15, -0.1) is 0 Å². The van der Waals surface area contributed by atoms with E-state index in [0.717, 1.165) is 58.1 Å². The standard InChI is InChI=1S/C24H27N7/c1-16-6-4-8-22(27-16)24-19(14-26-29-24)20-9-10-21-23(28-20)12-18(13-25-21)31-11-5-7-17(15-31)30(2)3/h4,6,8-10,12-14,17H,5,7,11,15H2,1-3H3,(H,26,29)/t17-/m0/s1. The minimum absolute atomic E-state index is 0.569. The Hall–Kier alpha value is -3.32. The second kappa shape index (κ2) is 8.07. The first-order valence-electron chi connectivity index (χ1n) is 10.7. The van der Waals surface area contributed by atoms with Gasteiger partial charge in [-0.3, -0.25) is 15.1 Å². The maximum Gasteiger partial charge on any atom is 0.120 e. The number of hydrogen-bond acceptors (Lipinski definition) is 6. The van der Waals surface area contributed by atoms with Crippen molar-refractivity contribution in [1.29, 1.82) is 0 Å². The Balaban J connectivity index is 1.50. The number of H-pyrrole nitrogens is 1. The first-order chi connectivity index (χ1) is 15.1. The first kappa shape index (κ1) is 19.6. The van der Waals surface area contributed by atoms with Crippen LogP contribution < -0.4 is 4.90 Å². The highest BCUT2D eigenvalue weighted by atomic mass is 15.2. The number of nitrogens with zero attached hydrogens (tertiary/aromatic N) is 6. The molecule has 4 aromatic heterocycles. The minimum atomic E-state index is 0.569. The van der Waals surface area contributed by atoms with Gasteiger partial charge in [0.25, 0.3) is 0 Å². The van der Waals surface area contributed by atoms with E-state index in [9.17, 15) is 0 Å². The molecule has 0 radical (unpaired) electrons. The summed E-state index contributed by atoms with van der Waals surface area (Å²) < 4.78 is 0. The fourth-order valence-corrected chi connectivity index (χ4v) is 4.29. The molecule has 0 bridgehead atoms. The largest absolute Gasteiger partial charge is 0.369 e. The van der Waals surface area contributed by atoms with Gasteiger partial charge >= 0.3 is 0 Å². The number of nitrogens with one attached hydrogen (secondary N) is 1. The van der Waals surface area contributed by atoms with Gasteiger partial charge in [0.15, 0.2) is 0 Å². The van der Waals surface area contributed by atoms with Crippen molar-refractivity contribution >= 4 is 16.7 Å². The lowest BCUT2D eigenvalue weighted by Gasteiger charge is -2.37. The highest BCUT2D eigenvalue weighted by molar-refractivity contribution is 5.84. The predicted molar refractivity (Wildman–Crippen MR) is 124 cm³/mol. The van der Waals surface area contributed by atoms with E-state index >= 15 is 0 Å². The Bertz CT molecular complexity index is 1210. The fourth-order valence-electron chi connectivity index (χ4n) is 4.29. The molecule has 1 aliphatic heterocycles. The smallest absolute Gasteiger partial charge is 0.120 e. The number of aromatic amines is 1. The molecule has 1 atom stereocenters. The molecule has 0 unspecified atom stereocenters. The molecule has 5 heterocycles. The molecule has 0 saturated carbocycles. The number of hydrogen-bond donors (Lipinski definition) is 1. The third-order valence-corrected chi connectivity index (χ3v) is 6.06. The number of aromatic nitrogens is 5. The number of rotatable bonds is 4. The molecule has 0 aromatic carbocycles. The number of likely N-dealkylation sites (N-methyl/N-ethyl adjacent to an activating group) is 1. The van der Waals surface area contributed by atoms with Gasteiger partial charge in [0, 0.05) is 36.6 Å². The fraction of sp³-hybridized carbons (Fsp3) is 0.333. The molecule has 158 valence electrons. The summed E-state index contributed by atoms with van der Waals surface area (Å²) in [5, 5.41) is 7.43. The number of aryl methyl sites for hydroxylation is 1. The maximum atomic E-state index is 4.95. The Morgan fingerprint density at radius 3 is 2.81 bits per heavy atom. The van der Waals surface area contributed by atoms with Crippen molar-refractivity contribution in [3.8, 4) is 22.6 Å². The van der Waals surface area contributed by atoms with Gasteiger partial charge in [-0.25, -0.2) is 4.98 Å². The minimum Gasteiger partial charge on any atom is -0.369 e. The molecule has 31 heavy (non-hydrogen) atoms. The molecule has 0 spiro atoms. The summed E-state index contributed by atoms with van der Waals surface area (Å²) in [7, 11) is 4.32. The normalized spacial score (nSPS) is 16.9.